The number of piperidine rings is 1. The van der Waals surface area contributed by atoms with Crippen molar-refractivity contribution in [3.63, 3.8) is 0 Å². The number of halogens is 1. The molecule has 54 heavy (non-hydrogen) atoms. The number of carbonyl (C=O) groups is 4. The Morgan fingerprint density at radius 3 is 2.59 bits per heavy atom. The molecule has 7 rings (SSSR count). The number of imide groups is 1. The van der Waals surface area contributed by atoms with Crippen molar-refractivity contribution in [2.75, 3.05) is 38.7 Å². The lowest BCUT2D eigenvalue weighted by Gasteiger charge is -2.29. The van der Waals surface area contributed by atoms with E-state index in [-0.39, 0.29) is 30.6 Å². The van der Waals surface area contributed by atoms with Gasteiger partial charge in [-0.3, -0.25) is 34.1 Å². The van der Waals surface area contributed by atoms with Crippen molar-refractivity contribution in [1.29, 1.82) is 0 Å². The predicted octanol–water partition coefficient (Wildman–Crippen LogP) is 4.89. The highest BCUT2D eigenvalue weighted by Crippen LogP contribution is 2.40. The second-order valence-corrected chi connectivity index (χ2v) is 16.0. The number of carbonyl (C=O) groups excluding carboxylic acids is 4. The van der Waals surface area contributed by atoms with Crippen LogP contribution >= 0.6 is 34.7 Å². The van der Waals surface area contributed by atoms with E-state index in [1.54, 1.807) is 34.1 Å². The molecule has 0 aliphatic carbocycles. The molecule has 4 amide bonds. The van der Waals surface area contributed by atoms with Crippen LogP contribution in [0.15, 0.2) is 52.4 Å². The van der Waals surface area contributed by atoms with Gasteiger partial charge in [-0.25, -0.2) is 0 Å². The number of nitrogens with zero attached hydrogens (tertiary/aromatic N) is 5. The molecular formula is C38H40ClN7O6S2. The minimum atomic E-state index is -0.641. The molecule has 4 aromatic rings. The first-order chi connectivity index (χ1) is 26.1. The van der Waals surface area contributed by atoms with Gasteiger partial charge in [-0.15, -0.1) is 33.3 Å². The first-order valence-corrected chi connectivity index (χ1v) is 20.0. The Hall–Kier alpha value is -4.41. The largest absolute Gasteiger partial charge is 0.378 e. The van der Waals surface area contributed by atoms with E-state index in [0.717, 1.165) is 43.7 Å². The maximum absolute atomic E-state index is 13.2. The fourth-order valence-corrected chi connectivity index (χ4v) is 9.15. The van der Waals surface area contributed by atoms with Crippen molar-refractivity contribution in [3.05, 3.63) is 91.8 Å². The molecule has 0 radical (unpaired) electrons. The van der Waals surface area contributed by atoms with E-state index in [4.69, 9.17) is 26.1 Å². The van der Waals surface area contributed by atoms with Crippen LogP contribution in [0.3, 0.4) is 0 Å². The zero-order chi connectivity index (χ0) is 37.9. The standard InChI is InChI=1S/C38H40ClN7O6S2/c1-21-22(2)54-38-33(21)34(24-7-9-25(39)10-8-24)41-28(35-44-43-23(3)46(35)38)19-32(48)40-13-14-51-15-16-52-17-18-53-30-6-4-5-26-27(30)20-45(37(26)50)29-11-12-31(47)42-36(29)49/h4-10,28-29H,11-20H2,1-3H3,(H,40,48)(H,42,47,49)/t28-,29?/m0/s1. The molecule has 3 aliphatic heterocycles. The van der Waals surface area contributed by atoms with Crippen LogP contribution in [0.4, 0.5) is 0 Å². The molecule has 282 valence electrons. The molecule has 16 heteroatoms. The number of hydrogen-bond donors (Lipinski definition) is 2. The first-order valence-electron chi connectivity index (χ1n) is 17.8. The van der Waals surface area contributed by atoms with Crippen LogP contribution in [0.5, 0.6) is 0 Å². The van der Waals surface area contributed by atoms with Gasteiger partial charge in [-0.2, -0.15) is 0 Å². The first kappa shape index (κ1) is 37.9. The summed E-state index contributed by atoms with van der Waals surface area (Å²) in [6, 6.07) is 12.0. The van der Waals surface area contributed by atoms with E-state index in [9.17, 15) is 19.2 Å². The van der Waals surface area contributed by atoms with Gasteiger partial charge in [0.15, 0.2) is 5.82 Å². The van der Waals surface area contributed by atoms with Crippen LogP contribution in [0.25, 0.3) is 5.00 Å². The number of fused-ring (bicyclic) bond motifs is 4. The Morgan fingerprint density at radius 2 is 1.81 bits per heavy atom. The van der Waals surface area contributed by atoms with Gasteiger partial charge in [0.25, 0.3) is 5.91 Å². The van der Waals surface area contributed by atoms with Crippen molar-refractivity contribution >= 4 is 64.0 Å². The SMILES string of the molecule is Cc1sc2c(c1C)C(c1ccc(Cl)cc1)=N[C@@H](CC(=O)NCCOCCOCCSc1cccc3c1CN(C1CCC(=O)NC1=O)C3=O)c1nnc(C)n1-2. The Labute approximate surface area is 325 Å². The van der Waals surface area contributed by atoms with Crippen LogP contribution in [0.1, 0.15) is 74.4 Å². The molecule has 1 fully saturated rings. The highest BCUT2D eigenvalue weighted by Gasteiger charge is 2.40. The van der Waals surface area contributed by atoms with Gasteiger partial charge < -0.3 is 19.7 Å². The minimum absolute atomic E-state index is 0.0940. The summed E-state index contributed by atoms with van der Waals surface area (Å²) in [6.07, 6.45) is 0.647. The normalized spacial score (nSPS) is 17.8. The number of rotatable bonds is 14. The lowest BCUT2D eigenvalue weighted by atomic mass is 9.99. The Bertz CT molecular complexity index is 2130. The molecule has 0 bridgehead atoms. The van der Waals surface area contributed by atoms with Gasteiger partial charge in [0.05, 0.1) is 38.6 Å². The fraction of sp³-hybridized carbons (Fsp3) is 0.395. The van der Waals surface area contributed by atoms with Gasteiger partial charge in [-0.1, -0.05) is 29.8 Å². The molecule has 0 saturated carbocycles. The topological polar surface area (TPSA) is 157 Å². The summed E-state index contributed by atoms with van der Waals surface area (Å²) < 4.78 is 13.5. The number of aryl methyl sites for hydroxylation is 2. The van der Waals surface area contributed by atoms with Crippen LogP contribution in [-0.4, -0.2) is 93.8 Å². The highest BCUT2D eigenvalue weighted by atomic mass is 35.5. The van der Waals surface area contributed by atoms with Crippen LogP contribution < -0.4 is 10.6 Å². The monoisotopic (exact) mass is 789 g/mol. The summed E-state index contributed by atoms with van der Waals surface area (Å²) in [7, 11) is 0. The number of benzene rings is 2. The molecule has 0 spiro atoms. The average Bonchev–Trinajstić information content (AvgIpc) is 3.76. The summed E-state index contributed by atoms with van der Waals surface area (Å²) in [4.78, 5) is 59.1. The average molecular weight is 790 g/mol. The number of aromatic nitrogens is 3. The summed E-state index contributed by atoms with van der Waals surface area (Å²) in [5.74, 6) is 0.948. The van der Waals surface area contributed by atoms with E-state index in [1.807, 2.05) is 47.9 Å². The molecule has 2 aromatic heterocycles. The molecule has 2 N–H and O–H groups in total. The lowest BCUT2D eigenvalue weighted by molar-refractivity contribution is -0.137. The van der Waals surface area contributed by atoms with Gasteiger partial charge in [0.2, 0.25) is 17.7 Å². The highest BCUT2D eigenvalue weighted by molar-refractivity contribution is 7.99. The molecular weight excluding hydrogens is 750 g/mol. The van der Waals surface area contributed by atoms with E-state index >= 15 is 0 Å². The summed E-state index contributed by atoms with van der Waals surface area (Å²) in [6.45, 7) is 8.34. The van der Waals surface area contributed by atoms with Gasteiger partial charge >= 0.3 is 0 Å². The maximum atomic E-state index is 13.2. The second kappa shape index (κ2) is 16.5. The van der Waals surface area contributed by atoms with Crippen molar-refractivity contribution in [1.82, 2.24) is 30.3 Å². The minimum Gasteiger partial charge on any atom is -0.378 e. The Kier molecular flexibility index (Phi) is 11.6. The molecule has 1 saturated heterocycles. The van der Waals surface area contributed by atoms with Gasteiger partial charge in [0, 0.05) is 56.7 Å². The number of amides is 4. The van der Waals surface area contributed by atoms with Crippen molar-refractivity contribution in [3.8, 4) is 5.00 Å². The van der Waals surface area contributed by atoms with E-state index < -0.39 is 18.0 Å². The number of nitrogens with one attached hydrogen (secondary N) is 2. The molecule has 1 unspecified atom stereocenters. The van der Waals surface area contributed by atoms with E-state index in [1.165, 1.54) is 4.88 Å². The summed E-state index contributed by atoms with van der Waals surface area (Å²) in [5.41, 5.74) is 5.35. The third kappa shape index (κ3) is 7.87. The van der Waals surface area contributed by atoms with Crippen LogP contribution in [0.2, 0.25) is 5.02 Å². The number of ether oxygens (including phenoxy) is 2. The van der Waals surface area contributed by atoms with Crippen LogP contribution in [-0.2, 0) is 30.4 Å². The molecule has 5 heterocycles. The Morgan fingerprint density at radius 1 is 1.04 bits per heavy atom. The lowest BCUT2D eigenvalue weighted by Crippen LogP contribution is -2.52. The number of hydrogen-bond acceptors (Lipinski definition) is 11. The third-order valence-corrected chi connectivity index (χ3v) is 12.2. The van der Waals surface area contributed by atoms with Crippen molar-refractivity contribution in [2.24, 2.45) is 4.99 Å². The molecule has 13 nitrogen and oxygen atoms in total. The summed E-state index contributed by atoms with van der Waals surface area (Å²) in [5, 5.41) is 15.8. The van der Waals surface area contributed by atoms with Crippen LogP contribution in [0, 0.1) is 20.8 Å². The quantitative estimate of drug-likeness (QED) is 0.103. The van der Waals surface area contributed by atoms with Gasteiger partial charge in [0.1, 0.15) is 22.9 Å². The zero-order valence-electron chi connectivity index (χ0n) is 30.1. The number of thioether (sulfide) groups is 1. The van der Waals surface area contributed by atoms with Crippen molar-refractivity contribution in [2.45, 2.75) is 63.6 Å². The van der Waals surface area contributed by atoms with Gasteiger partial charge in [-0.05, 0) is 62.6 Å². The smallest absolute Gasteiger partial charge is 0.255 e. The zero-order valence-corrected chi connectivity index (χ0v) is 32.5. The number of aliphatic imine (C=N–C) groups is 1. The second-order valence-electron chi connectivity index (χ2n) is 13.2. The fourth-order valence-electron chi connectivity index (χ4n) is 6.87. The third-order valence-electron chi connectivity index (χ3n) is 9.70. The summed E-state index contributed by atoms with van der Waals surface area (Å²) >= 11 is 9.47. The number of thiophene rings is 1. The molecule has 3 aliphatic rings. The predicted molar refractivity (Wildman–Crippen MR) is 206 cm³/mol. The van der Waals surface area contributed by atoms with E-state index in [0.29, 0.717) is 68.1 Å². The maximum Gasteiger partial charge on any atom is 0.255 e. The molecule has 2 aromatic carbocycles. The van der Waals surface area contributed by atoms with E-state index in [2.05, 4.69) is 34.7 Å². The Balaban J connectivity index is 0.854. The van der Waals surface area contributed by atoms with Crippen molar-refractivity contribution < 1.29 is 28.7 Å². The molecule has 2 atom stereocenters.